The molecule has 2 heterocycles. The van der Waals surface area contributed by atoms with E-state index < -0.39 is 114 Å². The minimum absolute atomic E-state index is 0.0138. The second kappa shape index (κ2) is 34.3. The quantitative estimate of drug-likeness (QED) is 0.0134. The van der Waals surface area contributed by atoms with Crippen molar-refractivity contribution in [3.8, 4) is 0 Å². The summed E-state index contributed by atoms with van der Waals surface area (Å²) in [6, 6.07) is -1.68. The highest BCUT2D eigenvalue weighted by Gasteiger charge is 2.38. The highest BCUT2D eigenvalue weighted by atomic mass is 16.3. The lowest BCUT2D eigenvalue weighted by molar-refractivity contribution is -0.140. The van der Waals surface area contributed by atoms with E-state index in [-0.39, 0.29) is 94.8 Å². The minimum atomic E-state index is -1.60. The number of guanidine groups is 3. The molecule has 21 N–H and O–H groups in total. The van der Waals surface area contributed by atoms with Crippen molar-refractivity contribution in [3.05, 3.63) is 35.9 Å². The number of likely N-dealkylation sites (tertiary alicyclic amines) is 1. The average Bonchev–Trinajstić information content (AvgIpc) is 4.13. The van der Waals surface area contributed by atoms with Gasteiger partial charge < -0.3 is 91.7 Å². The Hall–Kier alpha value is -7.62. The van der Waals surface area contributed by atoms with Gasteiger partial charge in [0.05, 0.1) is 18.7 Å². The van der Waals surface area contributed by atoms with Crippen molar-refractivity contribution >= 4 is 71.4 Å². The summed E-state index contributed by atoms with van der Waals surface area (Å²) in [6.07, 6.45) is 3.91. The molecule has 0 bridgehead atoms. The molecule has 0 aliphatic carbocycles. The molecule has 0 spiro atoms. The molecule has 0 aromatic heterocycles. The summed E-state index contributed by atoms with van der Waals surface area (Å²) in [7, 11) is 0. The standard InChI is InChI=1S/C51H86N18O10/c1-29(2)25-37(65-44(75)38(26-31-13-6-5-7-14-31)66-46(77)39(28-71)67-43(74)34(17-9-21-59-49(52)53)62-41(72)33-16-8-20-58-33)45(76)68-40(30(3)4)47(78)63-35(18-10-22-60-50(54)55)42(73)64-36(19-11-23-61-51(56)57)48(79)69-24-12-15-32(69)27-70/h5-7,13-14,27,29-30,32-40,58,71H,8-12,15-26,28H2,1-4H3,(H,62,72)(H,63,78)(H,64,73)(H,65,75)(H,66,77)(H,67,74)(H,68,76)(H4,52,53,59)(H4,54,55,60)(H4,56,57,61)/t32-,33-,34-,35-,36-,37-,38-,39-,40-/m0/s1. The van der Waals surface area contributed by atoms with Crippen LogP contribution in [0.25, 0.3) is 0 Å². The Morgan fingerprint density at radius 3 is 1.61 bits per heavy atom. The Morgan fingerprint density at radius 1 is 0.620 bits per heavy atom. The first-order valence-corrected chi connectivity index (χ1v) is 27.0. The Kier molecular flexibility index (Phi) is 28.5. The molecule has 8 amide bonds. The molecule has 0 saturated carbocycles. The van der Waals surface area contributed by atoms with Gasteiger partial charge in [-0.1, -0.05) is 58.0 Å². The van der Waals surface area contributed by atoms with Gasteiger partial charge >= 0.3 is 0 Å². The molecule has 440 valence electrons. The molecule has 1 aromatic carbocycles. The van der Waals surface area contributed by atoms with E-state index in [0.29, 0.717) is 44.2 Å². The fourth-order valence-corrected chi connectivity index (χ4v) is 8.99. The van der Waals surface area contributed by atoms with Crippen LogP contribution in [0.3, 0.4) is 0 Å². The van der Waals surface area contributed by atoms with E-state index in [4.69, 9.17) is 34.4 Å². The van der Waals surface area contributed by atoms with E-state index in [2.05, 4.69) is 57.5 Å². The number of carbonyl (C=O) groups is 9. The van der Waals surface area contributed by atoms with Gasteiger partial charge in [-0.05, 0) is 94.6 Å². The lowest BCUT2D eigenvalue weighted by Crippen LogP contribution is -2.61. The van der Waals surface area contributed by atoms with Crippen molar-refractivity contribution in [2.45, 2.75) is 159 Å². The highest BCUT2D eigenvalue weighted by Crippen LogP contribution is 2.19. The monoisotopic (exact) mass is 1110 g/mol. The zero-order chi connectivity index (χ0) is 58.6. The number of rotatable bonds is 34. The molecule has 2 saturated heterocycles. The molecule has 0 unspecified atom stereocenters. The van der Waals surface area contributed by atoms with E-state index in [9.17, 15) is 48.3 Å². The van der Waals surface area contributed by atoms with Gasteiger partial charge in [-0.15, -0.1) is 0 Å². The topological polar surface area (TPSA) is 467 Å². The number of aliphatic hydroxyl groups excluding tert-OH is 1. The molecular formula is C51H86N18O10. The average molecular weight is 1110 g/mol. The van der Waals surface area contributed by atoms with Gasteiger partial charge in [0.2, 0.25) is 47.3 Å². The van der Waals surface area contributed by atoms with E-state index in [0.717, 1.165) is 6.42 Å². The highest BCUT2D eigenvalue weighted by molar-refractivity contribution is 5.98. The Balaban J connectivity index is 1.87. The molecule has 9 atom stereocenters. The zero-order valence-corrected chi connectivity index (χ0v) is 45.9. The number of aliphatic hydroxyl groups is 1. The van der Waals surface area contributed by atoms with Crippen LogP contribution in [0, 0.1) is 11.8 Å². The molecule has 0 radical (unpaired) electrons. The van der Waals surface area contributed by atoms with Crippen molar-refractivity contribution in [1.82, 2.24) is 47.4 Å². The lowest BCUT2D eigenvalue weighted by Gasteiger charge is -2.30. The third kappa shape index (κ3) is 23.5. The van der Waals surface area contributed by atoms with Gasteiger partial charge in [-0.2, -0.15) is 0 Å². The number of benzene rings is 1. The number of nitrogens with one attached hydrogen (secondary N) is 8. The van der Waals surface area contributed by atoms with Crippen molar-refractivity contribution in [2.75, 3.05) is 39.3 Å². The van der Waals surface area contributed by atoms with Crippen molar-refractivity contribution in [2.24, 2.45) is 61.2 Å². The number of aliphatic imine (C=N–C) groups is 3. The van der Waals surface area contributed by atoms with Gasteiger partial charge in [-0.25, -0.2) is 0 Å². The molecule has 28 heteroatoms. The minimum Gasteiger partial charge on any atom is -0.394 e. The van der Waals surface area contributed by atoms with Crippen LogP contribution in [-0.4, -0.2) is 175 Å². The fourth-order valence-electron chi connectivity index (χ4n) is 8.99. The summed E-state index contributed by atoms with van der Waals surface area (Å²) in [6.45, 7) is 7.35. The molecule has 2 fully saturated rings. The first-order valence-electron chi connectivity index (χ1n) is 27.0. The molecule has 2 aliphatic rings. The molecule has 3 rings (SSSR count). The van der Waals surface area contributed by atoms with Gasteiger partial charge in [0.25, 0.3) is 0 Å². The van der Waals surface area contributed by atoms with Crippen LogP contribution in [0.2, 0.25) is 0 Å². The third-order valence-electron chi connectivity index (χ3n) is 13.2. The maximum atomic E-state index is 14.4. The molecule has 79 heavy (non-hydrogen) atoms. The normalized spacial score (nSPS) is 17.5. The van der Waals surface area contributed by atoms with Gasteiger partial charge in [0, 0.05) is 32.6 Å². The summed E-state index contributed by atoms with van der Waals surface area (Å²) < 4.78 is 0. The van der Waals surface area contributed by atoms with Gasteiger partial charge in [-0.3, -0.25) is 53.3 Å². The number of hydrogen-bond donors (Lipinski definition) is 15. The van der Waals surface area contributed by atoms with Crippen molar-refractivity contribution < 1.29 is 48.3 Å². The zero-order valence-electron chi connectivity index (χ0n) is 45.9. The van der Waals surface area contributed by atoms with Gasteiger partial charge in [0.15, 0.2) is 17.9 Å². The number of carbonyl (C=O) groups excluding carboxylic acids is 9. The summed E-state index contributed by atoms with van der Waals surface area (Å²) >= 11 is 0. The number of hydrogen-bond acceptors (Lipinski definition) is 14. The van der Waals surface area contributed by atoms with Crippen molar-refractivity contribution in [1.29, 1.82) is 0 Å². The maximum Gasteiger partial charge on any atom is 0.245 e. The van der Waals surface area contributed by atoms with Crippen LogP contribution >= 0.6 is 0 Å². The van der Waals surface area contributed by atoms with Crippen LogP contribution in [0.1, 0.15) is 104 Å². The van der Waals surface area contributed by atoms with E-state index in [1.807, 2.05) is 13.8 Å². The number of nitrogens with zero attached hydrogens (tertiary/aromatic N) is 4. The van der Waals surface area contributed by atoms with Gasteiger partial charge in [0.1, 0.15) is 48.6 Å². The van der Waals surface area contributed by atoms with Crippen LogP contribution in [0.5, 0.6) is 0 Å². The van der Waals surface area contributed by atoms with Crippen LogP contribution in [-0.2, 0) is 49.6 Å². The SMILES string of the molecule is CC(C)C[C@H](NC(=O)[C@H](Cc1ccccc1)NC(=O)[C@H](CO)NC(=O)[C@H](CCCN=C(N)N)NC(=O)[C@@H]1CCCN1)C(=O)N[C@H](C(=O)N[C@@H](CCCN=C(N)N)C(=O)N[C@@H](CCCN=C(N)N)C(=O)N1CCC[C@H]1C=O)C(C)C. The second-order valence-electron chi connectivity index (χ2n) is 20.5. The maximum absolute atomic E-state index is 14.4. The fraction of sp³-hybridized carbons (Fsp3) is 0.647. The second-order valence-corrected chi connectivity index (χ2v) is 20.5. The summed E-state index contributed by atoms with van der Waals surface area (Å²) in [5.74, 6) is -7.04. The summed E-state index contributed by atoms with van der Waals surface area (Å²) in [5.41, 5.74) is 33.6. The Bertz CT molecular complexity index is 2270. The Morgan fingerprint density at radius 2 is 1.10 bits per heavy atom. The molecule has 28 nitrogen and oxygen atoms in total. The van der Waals surface area contributed by atoms with Crippen LogP contribution in [0.4, 0.5) is 0 Å². The predicted octanol–water partition coefficient (Wildman–Crippen LogP) is -4.58. The third-order valence-corrected chi connectivity index (χ3v) is 13.2. The summed E-state index contributed by atoms with van der Waals surface area (Å²) in [4.78, 5) is 137. The smallest absolute Gasteiger partial charge is 0.245 e. The largest absolute Gasteiger partial charge is 0.394 e. The molecule has 2 aliphatic heterocycles. The number of amides is 8. The van der Waals surface area contributed by atoms with Crippen LogP contribution < -0.4 is 76.9 Å². The number of nitrogens with two attached hydrogens (primary N) is 6. The molecule has 1 aromatic rings. The van der Waals surface area contributed by atoms with Crippen LogP contribution in [0.15, 0.2) is 45.3 Å². The Labute approximate surface area is 461 Å². The number of aldehydes is 1. The van der Waals surface area contributed by atoms with E-state index >= 15 is 0 Å². The first kappa shape index (κ1) is 65.7. The van der Waals surface area contributed by atoms with E-state index in [1.54, 1.807) is 44.2 Å². The van der Waals surface area contributed by atoms with E-state index in [1.165, 1.54) is 4.90 Å². The predicted molar refractivity (Wildman–Crippen MR) is 297 cm³/mol. The summed E-state index contributed by atoms with van der Waals surface area (Å²) in [5, 5.41) is 32.3. The first-order chi connectivity index (χ1) is 37.5. The lowest BCUT2D eigenvalue weighted by atomic mass is 9.98. The molecular weight excluding hydrogens is 1020 g/mol. The van der Waals surface area contributed by atoms with Crippen molar-refractivity contribution in [3.63, 3.8) is 0 Å².